The standard InChI is InChI=1S/C17H17F3N4OS/c1-2-21-16(23-9-15-24-14(10-26-15)17(18,19)20)22-8-12-7-11-5-3-4-6-13(11)25-12/h3-7,10H,2,8-9H2,1H3,(H2,21,22,23). The van der Waals surface area contributed by atoms with Crippen molar-refractivity contribution in [2.45, 2.75) is 26.2 Å². The van der Waals surface area contributed by atoms with E-state index in [-0.39, 0.29) is 6.54 Å². The Bertz CT molecular complexity index is 868. The fraction of sp³-hybridized carbons (Fsp3) is 0.294. The first-order chi connectivity index (χ1) is 12.5. The van der Waals surface area contributed by atoms with E-state index in [1.54, 1.807) is 0 Å². The second-order valence-corrected chi connectivity index (χ2v) is 6.37. The monoisotopic (exact) mass is 382 g/mol. The molecule has 5 nitrogen and oxygen atoms in total. The summed E-state index contributed by atoms with van der Waals surface area (Å²) in [4.78, 5) is 8.00. The predicted octanol–water partition coefficient (Wildman–Crippen LogP) is 4.16. The molecule has 0 amide bonds. The van der Waals surface area contributed by atoms with Gasteiger partial charge in [0, 0.05) is 17.3 Å². The first kappa shape index (κ1) is 18.2. The molecule has 3 aromatic rings. The molecular weight excluding hydrogens is 365 g/mol. The summed E-state index contributed by atoms with van der Waals surface area (Å²) < 4.78 is 43.5. The number of hydrogen-bond donors (Lipinski definition) is 2. The van der Waals surface area contributed by atoms with Gasteiger partial charge in [-0.15, -0.1) is 11.3 Å². The molecule has 0 radical (unpaired) electrons. The number of aliphatic imine (C=N–C) groups is 1. The summed E-state index contributed by atoms with van der Waals surface area (Å²) in [6, 6.07) is 9.58. The molecule has 0 unspecified atom stereocenters. The van der Waals surface area contributed by atoms with Crippen LogP contribution in [-0.4, -0.2) is 17.5 Å². The lowest BCUT2D eigenvalue weighted by Crippen LogP contribution is -2.36. The number of furan rings is 1. The quantitative estimate of drug-likeness (QED) is 0.514. The molecular formula is C17H17F3N4OS. The number of halogens is 3. The summed E-state index contributed by atoms with van der Waals surface area (Å²) in [7, 11) is 0. The number of benzene rings is 1. The Balaban J connectivity index is 1.64. The minimum atomic E-state index is -4.42. The van der Waals surface area contributed by atoms with Crippen molar-refractivity contribution >= 4 is 28.3 Å². The van der Waals surface area contributed by atoms with Gasteiger partial charge >= 0.3 is 6.18 Å². The maximum absolute atomic E-state index is 12.6. The second kappa shape index (κ2) is 7.77. The minimum Gasteiger partial charge on any atom is -0.459 e. The summed E-state index contributed by atoms with van der Waals surface area (Å²) in [5.74, 6) is 1.19. The van der Waals surface area contributed by atoms with Crippen molar-refractivity contribution in [1.82, 2.24) is 15.6 Å². The van der Waals surface area contributed by atoms with Crippen LogP contribution in [0, 0.1) is 0 Å². The van der Waals surface area contributed by atoms with Crippen molar-refractivity contribution in [2.24, 2.45) is 4.99 Å². The van der Waals surface area contributed by atoms with E-state index < -0.39 is 11.9 Å². The first-order valence-corrected chi connectivity index (χ1v) is 8.85. The fourth-order valence-corrected chi connectivity index (χ4v) is 3.04. The van der Waals surface area contributed by atoms with E-state index in [1.807, 2.05) is 37.3 Å². The number of thiazole rings is 1. The number of nitrogens with zero attached hydrogens (tertiary/aromatic N) is 2. The lowest BCUT2D eigenvalue weighted by Gasteiger charge is -2.09. The average Bonchev–Trinajstić information content (AvgIpc) is 3.23. The Hall–Kier alpha value is -2.55. The van der Waals surface area contributed by atoms with Gasteiger partial charge in [0.2, 0.25) is 0 Å². The molecule has 0 spiro atoms. The van der Waals surface area contributed by atoms with Crippen LogP contribution in [0.1, 0.15) is 23.4 Å². The molecule has 0 fully saturated rings. The van der Waals surface area contributed by atoms with Crippen LogP contribution in [0.2, 0.25) is 0 Å². The second-order valence-electron chi connectivity index (χ2n) is 5.42. The van der Waals surface area contributed by atoms with Crippen molar-refractivity contribution in [2.75, 3.05) is 6.54 Å². The molecule has 2 heterocycles. The van der Waals surface area contributed by atoms with E-state index in [2.05, 4.69) is 20.6 Å². The molecule has 3 rings (SSSR count). The predicted molar refractivity (Wildman–Crippen MR) is 95.0 cm³/mol. The molecule has 0 saturated carbocycles. The third kappa shape index (κ3) is 4.54. The molecule has 2 N–H and O–H groups in total. The van der Waals surface area contributed by atoms with Crippen LogP contribution in [0.4, 0.5) is 13.2 Å². The SMILES string of the molecule is CCNC(=NCc1cc2ccccc2o1)NCc1nc(C(F)(F)F)cs1. The van der Waals surface area contributed by atoms with Crippen LogP contribution in [0.15, 0.2) is 45.1 Å². The third-order valence-corrected chi connectivity index (χ3v) is 4.31. The van der Waals surface area contributed by atoms with Gasteiger partial charge in [-0.1, -0.05) is 18.2 Å². The lowest BCUT2D eigenvalue weighted by atomic mass is 10.2. The number of rotatable bonds is 5. The number of hydrogen-bond acceptors (Lipinski definition) is 4. The highest BCUT2D eigenvalue weighted by Crippen LogP contribution is 2.29. The van der Waals surface area contributed by atoms with Crippen molar-refractivity contribution < 1.29 is 17.6 Å². The van der Waals surface area contributed by atoms with E-state index in [0.717, 1.165) is 27.7 Å². The number of nitrogens with one attached hydrogen (secondary N) is 2. The fourth-order valence-electron chi connectivity index (χ4n) is 2.30. The normalized spacial score (nSPS) is 12.5. The zero-order chi connectivity index (χ0) is 18.6. The molecule has 2 aromatic heterocycles. The minimum absolute atomic E-state index is 0.159. The van der Waals surface area contributed by atoms with E-state index >= 15 is 0 Å². The smallest absolute Gasteiger partial charge is 0.434 e. The van der Waals surface area contributed by atoms with Crippen molar-refractivity contribution in [3.63, 3.8) is 0 Å². The van der Waals surface area contributed by atoms with Gasteiger partial charge in [-0.05, 0) is 19.1 Å². The topological polar surface area (TPSA) is 62.5 Å². The average molecular weight is 382 g/mol. The maximum atomic E-state index is 12.6. The van der Waals surface area contributed by atoms with Gasteiger partial charge in [-0.3, -0.25) is 0 Å². The summed E-state index contributed by atoms with van der Waals surface area (Å²) >= 11 is 0.959. The number of alkyl halides is 3. The van der Waals surface area contributed by atoms with Crippen LogP contribution in [0.25, 0.3) is 11.0 Å². The zero-order valence-corrected chi connectivity index (χ0v) is 14.7. The number of fused-ring (bicyclic) bond motifs is 1. The van der Waals surface area contributed by atoms with Crippen molar-refractivity contribution in [3.05, 3.63) is 52.2 Å². The van der Waals surface area contributed by atoms with Gasteiger partial charge in [0.25, 0.3) is 0 Å². The highest BCUT2D eigenvalue weighted by atomic mass is 32.1. The van der Waals surface area contributed by atoms with Gasteiger partial charge in [-0.2, -0.15) is 13.2 Å². The van der Waals surface area contributed by atoms with Crippen LogP contribution in [0.3, 0.4) is 0 Å². The van der Waals surface area contributed by atoms with Crippen LogP contribution >= 0.6 is 11.3 Å². The van der Waals surface area contributed by atoms with Crippen LogP contribution in [0.5, 0.6) is 0 Å². The van der Waals surface area contributed by atoms with Crippen molar-refractivity contribution in [1.29, 1.82) is 0 Å². The molecule has 1 aromatic carbocycles. The largest absolute Gasteiger partial charge is 0.459 e. The Morgan fingerprint density at radius 1 is 1.27 bits per heavy atom. The number of guanidine groups is 1. The lowest BCUT2D eigenvalue weighted by molar-refractivity contribution is -0.140. The van der Waals surface area contributed by atoms with E-state index in [1.165, 1.54) is 0 Å². The molecule has 0 aliphatic heterocycles. The van der Waals surface area contributed by atoms with Crippen molar-refractivity contribution in [3.8, 4) is 0 Å². The van der Waals surface area contributed by atoms with Gasteiger partial charge in [-0.25, -0.2) is 9.98 Å². The third-order valence-electron chi connectivity index (χ3n) is 3.46. The van der Waals surface area contributed by atoms with Crippen LogP contribution < -0.4 is 10.6 Å². The van der Waals surface area contributed by atoms with Gasteiger partial charge < -0.3 is 15.1 Å². The summed E-state index contributed by atoms with van der Waals surface area (Å²) in [6.45, 7) is 3.00. The highest BCUT2D eigenvalue weighted by Gasteiger charge is 2.33. The first-order valence-electron chi connectivity index (χ1n) is 7.97. The zero-order valence-electron chi connectivity index (χ0n) is 13.9. The molecule has 0 atom stereocenters. The number of aromatic nitrogens is 1. The molecule has 0 bridgehead atoms. The van der Waals surface area contributed by atoms with E-state index in [9.17, 15) is 13.2 Å². The van der Waals surface area contributed by atoms with Gasteiger partial charge in [0.15, 0.2) is 11.7 Å². The summed E-state index contributed by atoms with van der Waals surface area (Å²) in [6.07, 6.45) is -4.42. The van der Waals surface area contributed by atoms with Crippen LogP contribution in [-0.2, 0) is 19.3 Å². The van der Waals surface area contributed by atoms with Gasteiger partial charge in [0.05, 0.1) is 6.54 Å². The Kier molecular flexibility index (Phi) is 5.46. The molecule has 0 aliphatic rings. The van der Waals surface area contributed by atoms with E-state index in [0.29, 0.717) is 29.8 Å². The summed E-state index contributed by atoms with van der Waals surface area (Å²) in [5.41, 5.74) is -0.0818. The molecule has 9 heteroatoms. The molecule has 138 valence electrons. The maximum Gasteiger partial charge on any atom is 0.434 e. The molecule has 0 saturated heterocycles. The highest BCUT2D eigenvalue weighted by molar-refractivity contribution is 7.09. The Labute approximate surface area is 152 Å². The van der Waals surface area contributed by atoms with E-state index in [4.69, 9.17) is 4.42 Å². The molecule has 0 aliphatic carbocycles. The Morgan fingerprint density at radius 2 is 2.08 bits per heavy atom. The summed E-state index contributed by atoms with van der Waals surface area (Å²) in [5, 5.41) is 8.38. The Morgan fingerprint density at radius 3 is 2.77 bits per heavy atom. The number of para-hydroxylation sites is 1. The molecule has 26 heavy (non-hydrogen) atoms. The van der Waals surface area contributed by atoms with Gasteiger partial charge in [0.1, 0.15) is 22.9 Å².